The zero-order valence-electron chi connectivity index (χ0n) is 15.0. The van der Waals surface area contributed by atoms with Crippen molar-refractivity contribution in [2.24, 2.45) is 5.14 Å². The molecule has 0 atom stereocenters. The van der Waals surface area contributed by atoms with Crippen LogP contribution in [0.15, 0.2) is 46.2 Å². The Balaban J connectivity index is 1.78. The van der Waals surface area contributed by atoms with E-state index in [4.69, 9.17) is 16.7 Å². The molecule has 1 heterocycles. The molecule has 0 fully saturated rings. The predicted octanol–water partition coefficient (Wildman–Crippen LogP) is 1.96. The lowest BCUT2D eigenvalue weighted by Crippen LogP contribution is -2.34. The fourth-order valence-electron chi connectivity index (χ4n) is 2.34. The Labute approximate surface area is 180 Å². The highest BCUT2D eigenvalue weighted by Crippen LogP contribution is 2.28. The van der Waals surface area contributed by atoms with Gasteiger partial charge in [0.1, 0.15) is 0 Å². The third-order valence-corrected chi connectivity index (χ3v) is 7.03. The Morgan fingerprint density at radius 2 is 1.73 bits per heavy atom. The summed E-state index contributed by atoms with van der Waals surface area (Å²) in [5.74, 6) is -0.955. The van der Waals surface area contributed by atoms with Gasteiger partial charge >= 0.3 is 6.03 Å². The van der Waals surface area contributed by atoms with Gasteiger partial charge in [-0.15, -0.1) is 0 Å². The molecule has 30 heavy (non-hydrogen) atoms. The molecule has 3 rings (SSSR count). The van der Waals surface area contributed by atoms with Crippen molar-refractivity contribution in [3.8, 4) is 0 Å². The minimum atomic E-state index is -4.07. The SMILES string of the molecule is CS(=O)(=O)c1ccc2nc(NC(=O)NC(=O)c3cc(S(N)(=O)=O)ccc3Cl)sc2c1. The highest BCUT2D eigenvalue weighted by Gasteiger charge is 2.19. The Morgan fingerprint density at radius 3 is 2.37 bits per heavy atom. The number of carbonyl (C=O) groups is 2. The van der Waals surface area contributed by atoms with Crippen molar-refractivity contribution in [1.82, 2.24) is 10.3 Å². The number of thiazole rings is 1. The minimum Gasteiger partial charge on any atom is -0.283 e. The monoisotopic (exact) mass is 488 g/mol. The van der Waals surface area contributed by atoms with E-state index in [1.807, 2.05) is 5.32 Å². The number of halogens is 1. The van der Waals surface area contributed by atoms with E-state index in [1.54, 1.807) is 0 Å². The molecule has 0 bridgehead atoms. The summed E-state index contributed by atoms with van der Waals surface area (Å²) in [6, 6.07) is 6.61. The summed E-state index contributed by atoms with van der Waals surface area (Å²) in [6.07, 6.45) is 1.07. The molecule has 4 N–H and O–H groups in total. The maximum Gasteiger partial charge on any atom is 0.327 e. The Bertz CT molecular complexity index is 1400. The number of anilines is 1. The van der Waals surface area contributed by atoms with Crippen LogP contribution >= 0.6 is 22.9 Å². The van der Waals surface area contributed by atoms with Crippen LogP contribution in [0.5, 0.6) is 0 Å². The number of nitrogens with zero attached hydrogens (tertiary/aromatic N) is 1. The number of amides is 3. The molecule has 3 amide bonds. The van der Waals surface area contributed by atoms with Gasteiger partial charge in [0.25, 0.3) is 5.91 Å². The van der Waals surface area contributed by atoms with E-state index in [1.165, 1.54) is 24.3 Å². The van der Waals surface area contributed by atoms with Gasteiger partial charge in [0.15, 0.2) is 15.0 Å². The number of urea groups is 1. The van der Waals surface area contributed by atoms with E-state index in [0.717, 1.165) is 29.7 Å². The number of imide groups is 1. The molecular weight excluding hydrogens is 476 g/mol. The first-order valence-corrected chi connectivity index (χ1v) is 12.5. The normalized spacial score (nSPS) is 12.0. The highest BCUT2D eigenvalue weighted by atomic mass is 35.5. The van der Waals surface area contributed by atoms with Gasteiger partial charge in [-0.2, -0.15) is 0 Å². The third kappa shape index (κ3) is 4.94. The van der Waals surface area contributed by atoms with E-state index < -0.39 is 31.8 Å². The summed E-state index contributed by atoms with van der Waals surface area (Å²) in [5.41, 5.74) is 0.193. The standard InChI is InChI=1S/C16H13ClN4O6S3/c1-29(24,25)8-3-5-12-13(7-8)28-16(19-12)21-15(23)20-14(22)10-6-9(30(18,26)27)2-4-11(10)17/h2-7H,1H3,(H2,18,26,27)(H2,19,20,21,22,23). The average molecular weight is 489 g/mol. The number of rotatable bonds is 4. The van der Waals surface area contributed by atoms with Gasteiger partial charge in [-0.1, -0.05) is 22.9 Å². The van der Waals surface area contributed by atoms with Crippen LogP contribution in [0.1, 0.15) is 10.4 Å². The van der Waals surface area contributed by atoms with Crippen molar-refractivity contribution in [2.75, 3.05) is 11.6 Å². The quantitative estimate of drug-likeness (QED) is 0.504. The first-order valence-electron chi connectivity index (χ1n) is 7.90. The number of nitrogens with two attached hydrogens (primary N) is 1. The van der Waals surface area contributed by atoms with Gasteiger partial charge in [0.05, 0.1) is 30.6 Å². The molecule has 0 unspecified atom stereocenters. The maximum atomic E-state index is 12.3. The van der Waals surface area contributed by atoms with Gasteiger partial charge in [0.2, 0.25) is 10.0 Å². The lowest BCUT2D eigenvalue weighted by molar-refractivity contribution is 0.0967. The summed E-state index contributed by atoms with van der Waals surface area (Å²) in [7, 11) is -7.47. The Morgan fingerprint density at radius 1 is 1.07 bits per heavy atom. The molecule has 0 saturated heterocycles. The smallest absolute Gasteiger partial charge is 0.283 e. The van der Waals surface area contributed by atoms with Crippen molar-refractivity contribution < 1.29 is 26.4 Å². The predicted molar refractivity (Wildman–Crippen MR) is 112 cm³/mol. The van der Waals surface area contributed by atoms with E-state index in [2.05, 4.69) is 10.3 Å². The van der Waals surface area contributed by atoms with Crippen LogP contribution in [0.2, 0.25) is 5.02 Å². The molecule has 10 nitrogen and oxygen atoms in total. The topological polar surface area (TPSA) is 165 Å². The molecule has 158 valence electrons. The van der Waals surface area contributed by atoms with E-state index >= 15 is 0 Å². The van der Waals surface area contributed by atoms with Crippen LogP contribution in [0, 0.1) is 0 Å². The molecule has 0 radical (unpaired) electrons. The number of fused-ring (bicyclic) bond motifs is 1. The van der Waals surface area contributed by atoms with Gasteiger partial charge in [-0.25, -0.2) is 31.8 Å². The van der Waals surface area contributed by atoms with Gasteiger partial charge in [-0.05, 0) is 36.4 Å². The highest BCUT2D eigenvalue weighted by molar-refractivity contribution is 7.90. The van der Waals surface area contributed by atoms with Crippen LogP contribution in [-0.2, 0) is 19.9 Å². The summed E-state index contributed by atoms with van der Waals surface area (Å²) < 4.78 is 46.7. The molecule has 3 aromatic rings. The number of sulfone groups is 1. The lowest BCUT2D eigenvalue weighted by Gasteiger charge is -2.07. The number of primary sulfonamides is 1. The molecule has 0 aliphatic carbocycles. The number of hydrogen-bond acceptors (Lipinski definition) is 8. The summed E-state index contributed by atoms with van der Waals surface area (Å²) in [4.78, 5) is 28.3. The van der Waals surface area contributed by atoms with E-state index in [9.17, 15) is 26.4 Å². The second-order valence-corrected chi connectivity index (χ2v) is 11.0. The van der Waals surface area contributed by atoms with Crippen molar-refractivity contribution in [3.63, 3.8) is 0 Å². The van der Waals surface area contributed by atoms with Crippen LogP contribution < -0.4 is 15.8 Å². The zero-order valence-corrected chi connectivity index (χ0v) is 18.2. The molecular formula is C16H13ClN4O6S3. The third-order valence-electron chi connectivity index (χ3n) is 3.75. The molecule has 0 spiro atoms. The molecule has 0 aliphatic heterocycles. The second kappa shape index (κ2) is 7.92. The number of benzene rings is 2. The summed E-state index contributed by atoms with van der Waals surface area (Å²) in [6.45, 7) is 0. The van der Waals surface area contributed by atoms with Crippen LogP contribution in [-0.4, -0.2) is 40.0 Å². The number of hydrogen-bond donors (Lipinski definition) is 3. The molecule has 14 heteroatoms. The second-order valence-electron chi connectivity index (χ2n) is 6.02. The van der Waals surface area contributed by atoms with Gasteiger partial charge in [-0.3, -0.25) is 15.4 Å². The first kappa shape index (κ1) is 22.1. The Hall–Kier alpha value is -2.58. The average Bonchev–Trinajstić information content (AvgIpc) is 3.01. The van der Waals surface area contributed by atoms with E-state index in [0.29, 0.717) is 10.2 Å². The Kier molecular flexibility index (Phi) is 5.84. The van der Waals surface area contributed by atoms with Gasteiger partial charge < -0.3 is 0 Å². The van der Waals surface area contributed by atoms with Crippen LogP contribution in [0.25, 0.3) is 10.2 Å². The van der Waals surface area contributed by atoms with Crippen LogP contribution in [0.4, 0.5) is 9.93 Å². The van der Waals surface area contributed by atoms with Crippen molar-refractivity contribution >= 4 is 70.1 Å². The number of sulfonamides is 1. The first-order chi connectivity index (χ1) is 13.8. The van der Waals surface area contributed by atoms with Crippen molar-refractivity contribution in [2.45, 2.75) is 9.79 Å². The summed E-state index contributed by atoms with van der Waals surface area (Å²) >= 11 is 6.91. The van der Waals surface area contributed by atoms with Crippen molar-refractivity contribution in [3.05, 3.63) is 47.0 Å². The molecule has 2 aromatic carbocycles. The molecule has 1 aromatic heterocycles. The molecule has 0 aliphatic rings. The summed E-state index contributed by atoms with van der Waals surface area (Å²) in [5, 5.41) is 9.42. The van der Waals surface area contributed by atoms with Crippen molar-refractivity contribution in [1.29, 1.82) is 0 Å². The maximum absolute atomic E-state index is 12.3. The zero-order chi connectivity index (χ0) is 22.3. The number of nitrogens with one attached hydrogen (secondary N) is 2. The van der Waals surface area contributed by atoms with Crippen LogP contribution in [0.3, 0.4) is 0 Å². The number of carbonyl (C=O) groups excluding carboxylic acids is 2. The van der Waals surface area contributed by atoms with Gasteiger partial charge in [0, 0.05) is 6.26 Å². The molecule has 0 saturated carbocycles. The number of aromatic nitrogens is 1. The minimum absolute atomic E-state index is 0.0824. The largest absolute Gasteiger partial charge is 0.327 e. The fraction of sp³-hybridized carbons (Fsp3) is 0.0625. The fourth-order valence-corrected chi connectivity index (χ4v) is 4.71. The lowest BCUT2D eigenvalue weighted by atomic mass is 10.2. The van der Waals surface area contributed by atoms with E-state index in [-0.39, 0.29) is 25.5 Å².